The zero-order chi connectivity index (χ0) is 28.7. The Balaban J connectivity index is 2.11. The monoisotopic (exact) mass is 589 g/mol. The van der Waals surface area contributed by atoms with Gasteiger partial charge in [-0.3, -0.25) is 13.9 Å². The van der Waals surface area contributed by atoms with Crippen LogP contribution in [0.1, 0.15) is 37.0 Å². The highest BCUT2D eigenvalue weighted by atomic mass is 35.5. The molecule has 0 fully saturated rings. The number of anilines is 1. The smallest absolute Gasteiger partial charge is 0.264 e. The molecule has 0 saturated carbocycles. The fraction of sp³-hybridized carbons (Fsp3) is 0.310. The van der Waals surface area contributed by atoms with Crippen molar-refractivity contribution < 1.29 is 18.0 Å². The minimum atomic E-state index is -4.13. The summed E-state index contributed by atoms with van der Waals surface area (Å²) in [4.78, 5) is 28.3. The van der Waals surface area contributed by atoms with Crippen LogP contribution in [-0.4, -0.2) is 44.8 Å². The Kier molecular flexibility index (Phi) is 10.4. The second-order valence-electron chi connectivity index (χ2n) is 9.12. The van der Waals surface area contributed by atoms with Crippen molar-refractivity contribution in [3.63, 3.8) is 0 Å². The standard InChI is InChI=1S/C29H33Cl2N3O4S/c1-5-22-9-7-8-10-27(22)34(39(37,38)23-14-11-20(3)12-15-23)19-28(35)33(26(6-2)29(36)32-4)18-21-13-16-24(30)25(31)17-21/h7-17,26H,5-6,18-19H2,1-4H3,(H,32,36)/t26-/m1/s1. The number of likely N-dealkylation sites (N-methyl/N-ethyl adjacent to an activating group) is 1. The Hall–Kier alpha value is -3.07. The third-order valence-corrected chi connectivity index (χ3v) is 9.01. The van der Waals surface area contributed by atoms with Crippen LogP contribution < -0.4 is 9.62 Å². The number of nitrogens with one attached hydrogen (secondary N) is 1. The van der Waals surface area contributed by atoms with Gasteiger partial charge in [-0.15, -0.1) is 0 Å². The van der Waals surface area contributed by atoms with Crippen LogP contribution in [-0.2, 0) is 32.6 Å². The molecule has 0 aliphatic carbocycles. The maximum atomic E-state index is 14.0. The minimum absolute atomic E-state index is 0.0372. The van der Waals surface area contributed by atoms with Gasteiger partial charge in [0.15, 0.2) is 0 Å². The fourth-order valence-corrected chi connectivity index (χ4v) is 6.10. The van der Waals surface area contributed by atoms with E-state index < -0.39 is 28.5 Å². The zero-order valence-electron chi connectivity index (χ0n) is 22.4. The molecule has 0 heterocycles. The average Bonchev–Trinajstić information content (AvgIpc) is 2.93. The van der Waals surface area contributed by atoms with Crippen LogP contribution in [0.3, 0.4) is 0 Å². The van der Waals surface area contributed by atoms with Crippen molar-refractivity contribution in [2.24, 2.45) is 0 Å². The first kappa shape index (κ1) is 30.5. The Morgan fingerprint density at radius 3 is 2.21 bits per heavy atom. The van der Waals surface area contributed by atoms with E-state index in [1.807, 2.05) is 26.0 Å². The van der Waals surface area contributed by atoms with Gasteiger partial charge >= 0.3 is 0 Å². The molecule has 2 amide bonds. The number of hydrogen-bond acceptors (Lipinski definition) is 4. The van der Waals surface area contributed by atoms with Gasteiger partial charge in [0, 0.05) is 13.6 Å². The van der Waals surface area contributed by atoms with Gasteiger partial charge in [0.2, 0.25) is 11.8 Å². The van der Waals surface area contributed by atoms with E-state index in [0.717, 1.165) is 15.4 Å². The molecule has 3 aromatic carbocycles. The molecule has 39 heavy (non-hydrogen) atoms. The second kappa shape index (κ2) is 13.3. The molecule has 208 valence electrons. The number of para-hydroxylation sites is 1. The Labute approximate surface area is 240 Å². The summed E-state index contributed by atoms with van der Waals surface area (Å²) in [6.07, 6.45) is 0.885. The van der Waals surface area contributed by atoms with E-state index in [2.05, 4.69) is 5.32 Å². The molecule has 0 radical (unpaired) electrons. The van der Waals surface area contributed by atoms with Crippen molar-refractivity contribution in [3.8, 4) is 0 Å². The lowest BCUT2D eigenvalue weighted by Gasteiger charge is -2.33. The van der Waals surface area contributed by atoms with E-state index in [9.17, 15) is 18.0 Å². The molecule has 0 unspecified atom stereocenters. The largest absolute Gasteiger partial charge is 0.357 e. The maximum Gasteiger partial charge on any atom is 0.264 e. The summed E-state index contributed by atoms with van der Waals surface area (Å²) < 4.78 is 29.1. The molecule has 7 nitrogen and oxygen atoms in total. The highest BCUT2D eigenvalue weighted by Crippen LogP contribution is 2.29. The van der Waals surface area contributed by atoms with Crippen LogP contribution >= 0.6 is 23.2 Å². The molecular weight excluding hydrogens is 557 g/mol. The van der Waals surface area contributed by atoms with Gasteiger partial charge in [-0.25, -0.2) is 8.42 Å². The number of sulfonamides is 1. The lowest BCUT2D eigenvalue weighted by molar-refractivity contribution is -0.140. The summed E-state index contributed by atoms with van der Waals surface area (Å²) in [5.41, 5.74) is 2.75. The quantitative estimate of drug-likeness (QED) is 0.315. The van der Waals surface area contributed by atoms with E-state index >= 15 is 0 Å². The summed E-state index contributed by atoms with van der Waals surface area (Å²) in [5, 5.41) is 3.29. The van der Waals surface area contributed by atoms with Crippen LogP contribution in [0, 0.1) is 6.92 Å². The lowest BCUT2D eigenvalue weighted by atomic mass is 10.1. The summed E-state index contributed by atoms with van der Waals surface area (Å²) in [6, 6.07) is 17.7. The molecule has 0 spiro atoms. The topological polar surface area (TPSA) is 86.8 Å². The van der Waals surface area contributed by atoms with Crippen molar-refractivity contribution in [1.82, 2.24) is 10.2 Å². The maximum absolute atomic E-state index is 14.0. The molecule has 0 aromatic heterocycles. The van der Waals surface area contributed by atoms with Gasteiger partial charge < -0.3 is 10.2 Å². The molecule has 0 saturated heterocycles. The van der Waals surface area contributed by atoms with Crippen LogP contribution in [0.4, 0.5) is 5.69 Å². The van der Waals surface area contributed by atoms with Gasteiger partial charge in [-0.2, -0.15) is 0 Å². The normalized spacial score (nSPS) is 12.1. The number of halogens is 2. The predicted molar refractivity (Wildman–Crippen MR) is 157 cm³/mol. The molecule has 3 aromatic rings. The Morgan fingerprint density at radius 2 is 1.62 bits per heavy atom. The highest BCUT2D eigenvalue weighted by Gasteiger charge is 2.34. The third-order valence-electron chi connectivity index (χ3n) is 6.50. The van der Waals surface area contributed by atoms with E-state index in [-0.39, 0.29) is 17.3 Å². The molecule has 0 aliphatic rings. The molecule has 10 heteroatoms. The van der Waals surface area contributed by atoms with Crippen molar-refractivity contribution in [3.05, 3.63) is 93.5 Å². The van der Waals surface area contributed by atoms with Gasteiger partial charge in [-0.1, -0.05) is 79.0 Å². The van der Waals surface area contributed by atoms with Crippen LogP contribution in [0.5, 0.6) is 0 Å². The first-order valence-corrected chi connectivity index (χ1v) is 14.8. The van der Waals surface area contributed by atoms with E-state index in [4.69, 9.17) is 23.2 Å². The van der Waals surface area contributed by atoms with Crippen LogP contribution in [0.2, 0.25) is 10.0 Å². The molecule has 0 aliphatic heterocycles. The highest BCUT2D eigenvalue weighted by molar-refractivity contribution is 7.92. The van der Waals surface area contributed by atoms with Crippen LogP contribution in [0.15, 0.2) is 71.6 Å². The zero-order valence-corrected chi connectivity index (χ0v) is 24.8. The third kappa shape index (κ3) is 7.12. The van der Waals surface area contributed by atoms with Gasteiger partial charge in [0.1, 0.15) is 12.6 Å². The summed E-state index contributed by atoms with van der Waals surface area (Å²) >= 11 is 12.3. The molecule has 1 N–H and O–H groups in total. The first-order valence-electron chi connectivity index (χ1n) is 12.7. The number of aryl methyl sites for hydroxylation is 2. The SMILES string of the molecule is CCc1ccccc1N(CC(=O)N(Cc1ccc(Cl)c(Cl)c1)[C@H](CC)C(=O)NC)S(=O)(=O)c1ccc(C)cc1. The predicted octanol–water partition coefficient (Wildman–Crippen LogP) is 5.61. The van der Waals surface area contributed by atoms with Gasteiger partial charge in [-0.05, 0) is 61.2 Å². The van der Waals surface area contributed by atoms with Crippen molar-refractivity contribution in [2.75, 3.05) is 17.9 Å². The van der Waals surface area contributed by atoms with E-state index in [1.54, 1.807) is 49.4 Å². The number of amides is 2. The molecule has 3 rings (SSSR count). The first-order chi connectivity index (χ1) is 18.5. The van der Waals surface area contributed by atoms with E-state index in [0.29, 0.717) is 34.1 Å². The Morgan fingerprint density at radius 1 is 0.949 bits per heavy atom. The number of carbonyl (C=O) groups excluding carboxylic acids is 2. The Bertz CT molecular complexity index is 1430. The number of nitrogens with zero attached hydrogens (tertiary/aromatic N) is 2. The van der Waals surface area contributed by atoms with Gasteiger partial charge in [0.05, 0.1) is 20.6 Å². The number of hydrogen-bond donors (Lipinski definition) is 1. The summed E-state index contributed by atoms with van der Waals surface area (Å²) in [6.45, 7) is 5.13. The summed E-state index contributed by atoms with van der Waals surface area (Å²) in [7, 11) is -2.63. The number of benzene rings is 3. The van der Waals surface area contributed by atoms with E-state index in [1.165, 1.54) is 24.1 Å². The fourth-order valence-electron chi connectivity index (χ4n) is 4.32. The number of rotatable bonds is 11. The molecular formula is C29H33Cl2N3O4S. The minimum Gasteiger partial charge on any atom is -0.357 e. The van der Waals surface area contributed by atoms with Gasteiger partial charge in [0.25, 0.3) is 10.0 Å². The van der Waals surface area contributed by atoms with Crippen molar-refractivity contribution in [2.45, 2.75) is 51.1 Å². The van der Waals surface area contributed by atoms with Crippen LogP contribution in [0.25, 0.3) is 0 Å². The second-order valence-corrected chi connectivity index (χ2v) is 11.8. The average molecular weight is 591 g/mol. The summed E-state index contributed by atoms with van der Waals surface area (Å²) in [5.74, 6) is -0.883. The number of carbonyl (C=O) groups is 2. The van der Waals surface area contributed by atoms with Crippen molar-refractivity contribution in [1.29, 1.82) is 0 Å². The molecule has 1 atom stereocenters. The van der Waals surface area contributed by atoms with Crippen molar-refractivity contribution >= 4 is 50.7 Å². The lowest BCUT2D eigenvalue weighted by Crippen LogP contribution is -2.51. The molecule has 0 bridgehead atoms.